The van der Waals surface area contributed by atoms with Crippen LogP contribution in [0, 0.1) is 0 Å². The van der Waals surface area contributed by atoms with Crippen LogP contribution in [0.25, 0.3) is 5.69 Å². The maximum absolute atomic E-state index is 12.4. The number of hydrogen-bond acceptors (Lipinski definition) is 5. The van der Waals surface area contributed by atoms with Crippen LogP contribution in [0.1, 0.15) is 21.5 Å². The Morgan fingerprint density at radius 1 is 1.07 bits per heavy atom. The van der Waals surface area contributed by atoms with E-state index in [1.54, 1.807) is 35.1 Å². The molecule has 146 valence electrons. The fraction of sp³-hybridized carbons (Fsp3) is 0.143. The predicted octanol–water partition coefficient (Wildman–Crippen LogP) is 2.28. The lowest BCUT2D eigenvalue weighted by Gasteiger charge is -2.13. The van der Waals surface area contributed by atoms with Crippen LogP contribution in [-0.2, 0) is 22.7 Å². The Balaban J connectivity index is 1.37. The van der Waals surface area contributed by atoms with E-state index in [1.165, 1.54) is 0 Å². The molecule has 0 radical (unpaired) electrons. The Morgan fingerprint density at radius 2 is 1.90 bits per heavy atom. The van der Waals surface area contributed by atoms with Crippen LogP contribution < -0.4 is 5.32 Å². The zero-order valence-electron chi connectivity index (χ0n) is 15.4. The van der Waals surface area contributed by atoms with Crippen molar-refractivity contribution in [3.63, 3.8) is 0 Å². The molecule has 0 unspecified atom stereocenters. The Hall–Kier alpha value is -3.94. The highest BCUT2D eigenvalue weighted by Crippen LogP contribution is 2.14. The summed E-state index contributed by atoms with van der Waals surface area (Å²) in [7, 11) is 0. The van der Waals surface area contributed by atoms with Gasteiger partial charge in [0.25, 0.3) is 0 Å². The summed E-state index contributed by atoms with van der Waals surface area (Å²) >= 11 is 0. The quantitative estimate of drug-likeness (QED) is 0.515. The highest BCUT2D eigenvalue weighted by molar-refractivity contribution is 6.01. The molecule has 8 heteroatoms. The van der Waals surface area contributed by atoms with Gasteiger partial charge in [-0.1, -0.05) is 24.3 Å². The van der Waals surface area contributed by atoms with Gasteiger partial charge in [-0.25, -0.2) is 14.3 Å². The number of urea groups is 1. The standard InChI is InChI=1S/C21H18N4O4/c26-19-12-22-21(28)24(19)13-16-3-1-4-17(11-16)20(27)29-14-15-5-7-18(8-6-15)25-10-2-9-23-25/h1-11H,12-14H2,(H,22,28). The van der Waals surface area contributed by atoms with E-state index >= 15 is 0 Å². The highest BCUT2D eigenvalue weighted by atomic mass is 16.5. The van der Waals surface area contributed by atoms with Crippen molar-refractivity contribution < 1.29 is 19.1 Å². The Bertz CT molecular complexity index is 1030. The van der Waals surface area contributed by atoms with Crippen LogP contribution in [0.15, 0.2) is 67.0 Å². The van der Waals surface area contributed by atoms with E-state index in [-0.39, 0.29) is 25.6 Å². The predicted molar refractivity (Wildman–Crippen MR) is 103 cm³/mol. The second-order valence-corrected chi connectivity index (χ2v) is 6.53. The third kappa shape index (κ3) is 4.16. The molecule has 0 aliphatic carbocycles. The zero-order valence-corrected chi connectivity index (χ0v) is 15.4. The van der Waals surface area contributed by atoms with E-state index in [1.807, 2.05) is 36.5 Å². The summed E-state index contributed by atoms with van der Waals surface area (Å²) in [4.78, 5) is 36.9. The Morgan fingerprint density at radius 3 is 2.59 bits per heavy atom. The SMILES string of the molecule is O=C(OCc1ccc(-n2cccn2)cc1)c1cccc(CN2C(=O)CNC2=O)c1. The molecule has 0 bridgehead atoms. The van der Waals surface area contributed by atoms with Crippen molar-refractivity contribution in [3.05, 3.63) is 83.7 Å². The van der Waals surface area contributed by atoms with Gasteiger partial charge in [0.2, 0.25) is 5.91 Å². The molecule has 1 saturated heterocycles. The normalized spacial score (nSPS) is 13.4. The Labute approximate surface area is 166 Å². The number of nitrogens with one attached hydrogen (secondary N) is 1. The van der Waals surface area contributed by atoms with E-state index in [4.69, 9.17) is 4.74 Å². The summed E-state index contributed by atoms with van der Waals surface area (Å²) in [6.07, 6.45) is 3.55. The number of rotatable bonds is 6. The molecule has 0 spiro atoms. The van der Waals surface area contributed by atoms with Crippen LogP contribution >= 0.6 is 0 Å². The van der Waals surface area contributed by atoms with Crippen LogP contribution in [0.3, 0.4) is 0 Å². The fourth-order valence-corrected chi connectivity index (χ4v) is 2.99. The molecule has 1 N–H and O–H groups in total. The topological polar surface area (TPSA) is 93.5 Å². The van der Waals surface area contributed by atoms with Crippen LogP contribution in [0.2, 0.25) is 0 Å². The third-order valence-electron chi connectivity index (χ3n) is 4.52. The first-order valence-electron chi connectivity index (χ1n) is 9.03. The molecular formula is C21H18N4O4. The summed E-state index contributed by atoms with van der Waals surface area (Å²) < 4.78 is 7.13. The van der Waals surface area contributed by atoms with Gasteiger partial charge < -0.3 is 10.1 Å². The van der Waals surface area contributed by atoms with Crippen LogP contribution in [-0.4, -0.2) is 39.1 Å². The van der Waals surface area contributed by atoms with Gasteiger partial charge >= 0.3 is 12.0 Å². The van der Waals surface area contributed by atoms with Crippen molar-refractivity contribution >= 4 is 17.9 Å². The van der Waals surface area contributed by atoms with Gasteiger partial charge in [-0.2, -0.15) is 5.10 Å². The summed E-state index contributed by atoms with van der Waals surface area (Å²) in [6.45, 7) is 0.246. The van der Waals surface area contributed by atoms with Gasteiger partial charge in [0.15, 0.2) is 0 Å². The molecule has 0 saturated carbocycles. The summed E-state index contributed by atoms with van der Waals surface area (Å²) in [5.74, 6) is -0.762. The number of carbonyl (C=O) groups excluding carboxylic acids is 3. The van der Waals surface area contributed by atoms with Gasteiger partial charge in [0, 0.05) is 12.4 Å². The molecular weight excluding hydrogens is 372 g/mol. The average Bonchev–Trinajstić information content (AvgIpc) is 3.39. The average molecular weight is 390 g/mol. The maximum Gasteiger partial charge on any atom is 0.338 e. The molecule has 8 nitrogen and oxygen atoms in total. The lowest BCUT2D eigenvalue weighted by Crippen LogP contribution is -2.30. The number of benzene rings is 2. The lowest BCUT2D eigenvalue weighted by atomic mass is 10.1. The second-order valence-electron chi connectivity index (χ2n) is 6.53. The van der Waals surface area contributed by atoms with Gasteiger partial charge in [-0.05, 0) is 41.5 Å². The molecule has 1 fully saturated rings. The first kappa shape index (κ1) is 18.4. The lowest BCUT2D eigenvalue weighted by molar-refractivity contribution is -0.125. The zero-order chi connectivity index (χ0) is 20.2. The van der Waals surface area contributed by atoms with E-state index in [0.29, 0.717) is 11.1 Å². The number of carbonyl (C=O) groups is 3. The van der Waals surface area contributed by atoms with Gasteiger partial charge in [-0.15, -0.1) is 0 Å². The molecule has 2 heterocycles. The van der Waals surface area contributed by atoms with Gasteiger partial charge in [0.1, 0.15) is 6.61 Å². The number of ether oxygens (including phenoxy) is 1. The molecule has 3 amide bonds. The third-order valence-corrected chi connectivity index (χ3v) is 4.52. The van der Waals surface area contributed by atoms with E-state index in [0.717, 1.165) is 16.2 Å². The smallest absolute Gasteiger partial charge is 0.338 e. The van der Waals surface area contributed by atoms with E-state index in [2.05, 4.69) is 10.4 Å². The first-order chi connectivity index (χ1) is 14.1. The minimum absolute atomic E-state index is 0.000245. The van der Waals surface area contributed by atoms with Crippen molar-refractivity contribution in [2.75, 3.05) is 6.54 Å². The van der Waals surface area contributed by atoms with Gasteiger partial charge in [-0.3, -0.25) is 9.69 Å². The maximum atomic E-state index is 12.4. The molecule has 1 aliphatic heterocycles. The van der Waals surface area contributed by atoms with Crippen LogP contribution in [0.4, 0.5) is 4.79 Å². The van der Waals surface area contributed by atoms with Crippen molar-refractivity contribution in [2.45, 2.75) is 13.2 Å². The van der Waals surface area contributed by atoms with Crippen molar-refractivity contribution in [2.24, 2.45) is 0 Å². The minimum atomic E-state index is -0.472. The van der Waals surface area contributed by atoms with Crippen molar-refractivity contribution in [1.29, 1.82) is 0 Å². The Kier molecular flexibility index (Phi) is 5.07. The highest BCUT2D eigenvalue weighted by Gasteiger charge is 2.28. The number of aromatic nitrogens is 2. The number of nitrogens with zero attached hydrogens (tertiary/aromatic N) is 3. The largest absolute Gasteiger partial charge is 0.457 e. The second kappa shape index (κ2) is 7.97. The molecule has 4 rings (SSSR count). The van der Waals surface area contributed by atoms with Gasteiger partial charge in [0.05, 0.1) is 24.3 Å². The fourth-order valence-electron chi connectivity index (χ4n) is 2.99. The molecule has 29 heavy (non-hydrogen) atoms. The molecule has 1 aromatic heterocycles. The number of esters is 1. The summed E-state index contributed by atoms with van der Waals surface area (Å²) in [6, 6.07) is 15.7. The first-order valence-corrected chi connectivity index (χ1v) is 9.03. The number of amides is 3. The number of imide groups is 1. The molecule has 2 aromatic carbocycles. The van der Waals surface area contributed by atoms with Crippen LogP contribution in [0.5, 0.6) is 0 Å². The summed E-state index contributed by atoms with van der Waals surface area (Å²) in [5.41, 5.74) is 2.80. The summed E-state index contributed by atoms with van der Waals surface area (Å²) in [5, 5.41) is 6.63. The van der Waals surface area contributed by atoms with E-state index in [9.17, 15) is 14.4 Å². The van der Waals surface area contributed by atoms with E-state index < -0.39 is 12.0 Å². The monoisotopic (exact) mass is 390 g/mol. The van der Waals surface area contributed by atoms with Crippen molar-refractivity contribution in [3.8, 4) is 5.69 Å². The molecule has 0 atom stereocenters. The minimum Gasteiger partial charge on any atom is -0.457 e. The van der Waals surface area contributed by atoms with Crippen molar-refractivity contribution in [1.82, 2.24) is 20.0 Å². The molecule has 1 aliphatic rings. The number of hydrogen-bond donors (Lipinski definition) is 1. The molecule has 3 aromatic rings.